The van der Waals surface area contributed by atoms with Crippen molar-refractivity contribution in [3.63, 3.8) is 0 Å². The van der Waals surface area contributed by atoms with E-state index in [1.807, 2.05) is 24.3 Å². The number of carbonyl (C=O) groups is 1. The molecule has 0 spiro atoms. The molecule has 2 aliphatic rings. The molecule has 9 heteroatoms. The van der Waals surface area contributed by atoms with Crippen molar-refractivity contribution < 1.29 is 24.5 Å². The fourth-order valence-electron chi connectivity index (χ4n) is 5.44. The van der Waals surface area contributed by atoms with Crippen LogP contribution in [0.2, 0.25) is 0 Å². The van der Waals surface area contributed by atoms with Gasteiger partial charge in [-0.3, -0.25) is 24.6 Å². The second-order valence-electron chi connectivity index (χ2n) is 10.2. The number of allylic oxidation sites excluding steroid dienone is 1. The summed E-state index contributed by atoms with van der Waals surface area (Å²) < 4.78 is 10.9. The van der Waals surface area contributed by atoms with Crippen molar-refractivity contribution in [1.82, 2.24) is 19.8 Å². The monoisotopic (exact) mass is 540 g/mol. The van der Waals surface area contributed by atoms with Crippen molar-refractivity contribution in [2.24, 2.45) is 0 Å². The second kappa shape index (κ2) is 11.7. The lowest BCUT2D eigenvalue weighted by Gasteiger charge is -2.27. The average molecular weight is 541 g/mol. The molecule has 0 bridgehead atoms. The number of phenols is 2. The molecule has 0 atom stereocenters. The van der Waals surface area contributed by atoms with E-state index in [0.717, 1.165) is 42.7 Å². The number of aromatic hydroxyl groups is 2. The van der Waals surface area contributed by atoms with Gasteiger partial charge in [-0.2, -0.15) is 0 Å². The lowest BCUT2D eigenvalue weighted by atomic mass is 9.97. The minimum Gasteiger partial charge on any atom is -0.505 e. The number of phenolic OH excluding ortho intramolecular Hbond substituents is 2. The van der Waals surface area contributed by atoms with E-state index < -0.39 is 0 Å². The van der Waals surface area contributed by atoms with E-state index in [4.69, 9.17) is 9.47 Å². The van der Waals surface area contributed by atoms with Crippen LogP contribution in [-0.4, -0.2) is 88.4 Å². The zero-order valence-electron chi connectivity index (χ0n) is 22.3. The third kappa shape index (κ3) is 5.41. The van der Waals surface area contributed by atoms with Crippen LogP contribution in [-0.2, 0) is 22.6 Å². The molecule has 0 saturated carbocycles. The number of rotatable bonds is 7. The van der Waals surface area contributed by atoms with Crippen molar-refractivity contribution in [2.45, 2.75) is 13.1 Å². The van der Waals surface area contributed by atoms with Gasteiger partial charge in [-0.05, 0) is 35.9 Å². The first-order chi connectivity index (χ1) is 19.6. The van der Waals surface area contributed by atoms with Gasteiger partial charge in [0.2, 0.25) is 0 Å². The Labute approximate surface area is 232 Å². The Hall–Kier alpha value is -3.89. The molecular weight excluding hydrogens is 508 g/mol. The van der Waals surface area contributed by atoms with Gasteiger partial charge >= 0.3 is 0 Å². The maximum absolute atomic E-state index is 13.7. The van der Waals surface area contributed by atoms with E-state index >= 15 is 0 Å². The average Bonchev–Trinajstić information content (AvgIpc) is 3.00. The largest absolute Gasteiger partial charge is 0.505 e. The van der Waals surface area contributed by atoms with E-state index in [1.54, 1.807) is 36.7 Å². The molecular formula is C31H32N4O5. The molecule has 2 aliphatic heterocycles. The van der Waals surface area contributed by atoms with Crippen LogP contribution in [0, 0.1) is 0 Å². The maximum atomic E-state index is 13.7. The van der Waals surface area contributed by atoms with Crippen molar-refractivity contribution in [3.8, 4) is 11.5 Å². The van der Waals surface area contributed by atoms with Gasteiger partial charge in [0.05, 0.1) is 26.4 Å². The van der Waals surface area contributed by atoms with E-state index in [0.29, 0.717) is 67.1 Å². The van der Waals surface area contributed by atoms with E-state index in [2.05, 4.69) is 19.8 Å². The molecule has 9 nitrogen and oxygen atoms in total. The highest BCUT2D eigenvalue weighted by Crippen LogP contribution is 2.34. The van der Waals surface area contributed by atoms with Crippen molar-refractivity contribution >= 4 is 33.7 Å². The van der Waals surface area contributed by atoms with Gasteiger partial charge in [0.1, 0.15) is 22.5 Å². The molecule has 4 heterocycles. The summed E-state index contributed by atoms with van der Waals surface area (Å²) in [6, 6.07) is 11.0. The molecule has 2 N–H and O–H groups in total. The number of ether oxygens (including phenoxy) is 2. The highest BCUT2D eigenvalue weighted by Gasteiger charge is 2.20. The normalized spacial score (nSPS) is 17.2. The highest BCUT2D eigenvalue weighted by atomic mass is 16.5. The highest BCUT2D eigenvalue weighted by molar-refractivity contribution is 6.15. The predicted molar refractivity (Wildman–Crippen MR) is 152 cm³/mol. The van der Waals surface area contributed by atoms with Crippen LogP contribution in [0.3, 0.4) is 0 Å². The minimum atomic E-state index is -0.193. The van der Waals surface area contributed by atoms with Crippen LogP contribution in [0.5, 0.6) is 11.5 Å². The molecule has 0 amide bonds. The lowest BCUT2D eigenvalue weighted by molar-refractivity contribution is 0.0338. The Kier molecular flexibility index (Phi) is 7.70. The molecule has 4 aromatic rings. The number of fused-ring (bicyclic) bond motifs is 2. The SMILES string of the molecule is O=C(/C=C/c1cc(CN2CCOCC2)c(O)c2ncccc12)c1cc(CN2CCOCC2)c(O)c2ncccc12. The lowest BCUT2D eigenvalue weighted by Crippen LogP contribution is -2.35. The van der Waals surface area contributed by atoms with E-state index in [1.165, 1.54) is 0 Å². The Bertz CT molecular complexity index is 1580. The fourth-order valence-corrected chi connectivity index (χ4v) is 5.44. The van der Waals surface area contributed by atoms with Gasteiger partial charge in [0, 0.05) is 79.1 Å². The fraction of sp³-hybridized carbons (Fsp3) is 0.323. The summed E-state index contributed by atoms with van der Waals surface area (Å²) in [6.45, 7) is 6.79. The third-order valence-corrected chi connectivity index (χ3v) is 7.60. The van der Waals surface area contributed by atoms with Gasteiger partial charge < -0.3 is 19.7 Å². The zero-order valence-corrected chi connectivity index (χ0v) is 22.3. The topological polar surface area (TPSA) is 108 Å². The molecule has 40 heavy (non-hydrogen) atoms. The summed E-state index contributed by atoms with van der Waals surface area (Å²) in [5.74, 6) is 0.0703. The summed E-state index contributed by atoms with van der Waals surface area (Å²) in [4.78, 5) is 26.9. The number of nitrogens with zero attached hydrogens (tertiary/aromatic N) is 4. The first-order valence-corrected chi connectivity index (χ1v) is 13.6. The van der Waals surface area contributed by atoms with Gasteiger partial charge in [0.15, 0.2) is 5.78 Å². The summed E-state index contributed by atoms with van der Waals surface area (Å²) in [5, 5.41) is 23.4. The summed E-state index contributed by atoms with van der Waals surface area (Å²) >= 11 is 0. The number of pyridine rings is 2. The van der Waals surface area contributed by atoms with Crippen LogP contribution in [0.25, 0.3) is 27.9 Å². The summed E-state index contributed by atoms with van der Waals surface area (Å²) in [5.41, 5.74) is 3.62. The van der Waals surface area contributed by atoms with Crippen molar-refractivity contribution in [3.05, 3.63) is 77.1 Å². The molecule has 2 saturated heterocycles. The molecule has 0 aliphatic carbocycles. The van der Waals surface area contributed by atoms with Crippen molar-refractivity contribution in [2.75, 3.05) is 52.6 Å². The molecule has 2 fully saturated rings. The van der Waals surface area contributed by atoms with Crippen molar-refractivity contribution in [1.29, 1.82) is 0 Å². The standard InChI is InChI=1S/C31H32N4O5/c36-27(26-18-23(20-35-11-15-40-16-12-35)31(38)29-25(26)4-2-8-33-29)6-5-21-17-22(19-34-9-13-39-14-10-34)30(37)28-24(21)3-1-7-32-28/h1-8,17-18,37-38H,9-16,19-20H2/b6-5+. The predicted octanol–water partition coefficient (Wildman–Crippen LogP) is 3.75. The van der Waals surface area contributed by atoms with Crippen LogP contribution in [0.1, 0.15) is 27.0 Å². The number of benzene rings is 2. The molecule has 0 radical (unpaired) electrons. The summed E-state index contributed by atoms with van der Waals surface area (Å²) in [6.07, 6.45) is 6.61. The Morgan fingerprint density at radius 1 is 0.800 bits per heavy atom. The van der Waals surface area contributed by atoms with Crippen LogP contribution in [0.4, 0.5) is 0 Å². The summed E-state index contributed by atoms with van der Waals surface area (Å²) in [7, 11) is 0. The quantitative estimate of drug-likeness (QED) is 0.268. The number of hydrogen-bond acceptors (Lipinski definition) is 9. The molecule has 2 aromatic carbocycles. The van der Waals surface area contributed by atoms with E-state index in [9.17, 15) is 15.0 Å². The van der Waals surface area contributed by atoms with Gasteiger partial charge in [0.25, 0.3) is 0 Å². The number of morpholine rings is 2. The maximum Gasteiger partial charge on any atom is 0.186 e. The molecule has 0 unspecified atom stereocenters. The first-order valence-electron chi connectivity index (χ1n) is 13.6. The molecule has 206 valence electrons. The smallest absolute Gasteiger partial charge is 0.186 e. The Morgan fingerprint density at radius 3 is 1.93 bits per heavy atom. The number of ketones is 1. The van der Waals surface area contributed by atoms with Gasteiger partial charge in [-0.1, -0.05) is 18.2 Å². The second-order valence-corrected chi connectivity index (χ2v) is 10.2. The van der Waals surface area contributed by atoms with Gasteiger partial charge in [-0.15, -0.1) is 0 Å². The van der Waals surface area contributed by atoms with E-state index in [-0.39, 0.29) is 17.3 Å². The van der Waals surface area contributed by atoms with Crippen LogP contribution >= 0.6 is 0 Å². The number of hydrogen-bond donors (Lipinski definition) is 2. The Balaban J connectivity index is 1.36. The minimum absolute atomic E-state index is 0.103. The Morgan fingerprint density at radius 2 is 1.32 bits per heavy atom. The van der Waals surface area contributed by atoms with Gasteiger partial charge in [-0.25, -0.2) is 0 Å². The molecule has 6 rings (SSSR count). The number of carbonyl (C=O) groups excluding carboxylic acids is 1. The van der Waals surface area contributed by atoms with Crippen LogP contribution < -0.4 is 0 Å². The molecule has 2 aromatic heterocycles. The third-order valence-electron chi connectivity index (χ3n) is 7.60. The van der Waals surface area contributed by atoms with Crippen LogP contribution in [0.15, 0.2) is 54.9 Å². The first kappa shape index (κ1) is 26.3. The zero-order chi connectivity index (χ0) is 27.5. The number of aromatic nitrogens is 2.